The van der Waals surface area contributed by atoms with Gasteiger partial charge in [-0.3, -0.25) is 4.79 Å². The Bertz CT molecular complexity index is 806. The van der Waals surface area contributed by atoms with Crippen molar-refractivity contribution in [1.82, 2.24) is 0 Å². The van der Waals surface area contributed by atoms with Gasteiger partial charge in [0.05, 0.1) is 0 Å². The van der Waals surface area contributed by atoms with E-state index >= 15 is 0 Å². The molecule has 0 unspecified atom stereocenters. The highest BCUT2D eigenvalue weighted by atomic mass is 16.4. The number of hydrogen-bond acceptors (Lipinski definition) is 4. The van der Waals surface area contributed by atoms with Gasteiger partial charge in [-0.15, -0.1) is 0 Å². The Hall–Kier alpha value is -3.00. The number of carbonyl (C=O) groups excluding carboxylic acids is 1. The van der Waals surface area contributed by atoms with Crippen LogP contribution in [0.1, 0.15) is 31.1 Å². The smallest absolute Gasteiger partial charge is 0.266 e. The van der Waals surface area contributed by atoms with Gasteiger partial charge in [0.1, 0.15) is 17.4 Å². The molecule has 1 N–H and O–H groups in total. The van der Waals surface area contributed by atoms with Gasteiger partial charge in [-0.25, -0.2) is 0 Å². The predicted octanol–water partition coefficient (Wildman–Crippen LogP) is 3.99. The van der Waals surface area contributed by atoms with E-state index in [1.54, 1.807) is 6.07 Å². The summed E-state index contributed by atoms with van der Waals surface area (Å²) in [5.74, 6) is 0.859. The minimum absolute atomic E-state index is 0.0156. The number of anilines is 2. The predicted molar refractivity (Wildman–Crippen MR) is 98.2 cm³/mol. The summed E-state index contributed by atoms with van der Waals surface area (Å²) in [4.78, 5) is 14.5. The van der Waals surface area contributed by atoms with E-state index in [1.165, 1.54) is 11.6 Å². The van der Waals surface area contributed by atoms with Crippen LogP contribution in [0.3, 0.4) is 0 Å². The van der Waals surface area contributed by atoms with Gasteiger partial charge in [0.25, 0.3) is 5.91 Å². The van der Waals surface area contributed by atoms with Crippen LogP contribution in [0, 0.1) is 11.3 Å². The average molecular weight is 335 g/mol. The Morgan fingerprint density at radius 3 is 2.60 bits per heavy atom. The van der Waals surface area contributed by atoms with Crippen molar-refractivity contribution in [3.63, 3.8) is 0 Å². The molecular formula is C20H21N3O2. The molecule has 2 heterocycles. The lowest BCUT2D eigenvalue weighted by Crippen LogP contribution is -2.16. The lowest BCUT2D eigenvalue weighted by atomic mass is 10.1. The van der Waals surface area contributed by atoms with Crippen LogP contribution in [-0.2, 0) is 11.2 Å². The van der Waals surface area contributed by atoms with Crippen molar-refractivity contribution >= 4 is 23.6 Å². The second-order valence-electron chi connectivity index (χ2n) is 6.04. The molecule has 0 bridgehead atoms. The number of benzene rings is 1. The molecule has 5 nitrogen and oxygen atoms in total. The van der Waals surface area contributed by atoms with Crippen molar-refractivity contribution in [2.75, 3.05) is 23.3 Å². The minimum atomic E-state index is -0.439. The molecule has 25 heavy (non-hydrogen) atoms. The third-order valence-electron chi connectivity index (χ3n) is 4.30. The van der Waals surface area contributed by atoms with Gasteiger partial charge in [0.2, 0.25) is 0 Å². The van der Waals surface area contributed by atoms with Gasteiger partial charge in [0.15, 0.2) is 5.88 Å². The van der Waals surface area contributed by atoms with E-state index in [2.05, 4.69) is 17.1 Å². The quantitative estimate of drug-likeness (QED) is 0.662. The first-order valence-corrected chi connectivity index (χ1v) is 8.56. The largest absolute Gasteiger partial charge is 0.441 e. The third kappa shape index (κ3) is 4.10. The molecule has 0 radical (unpaired) electrons. The molecule has 1 aliphatic rings. The van der Waals surface area contributed by atoms with Crippen LogP contribution in [0.2, 0.25) is 0 Å². The van der Waals surface area contributed by atoms with Gasteiger partial charge in [0, 0.05) is 30.9 Å². The van der Waals surface area contributed by atoms with Crippen molar-refractivity contribution in [1.29, 1.82) is 5.26 Å². The van der Waals surface area contributed by atoms with Crippen molar-refractivity contribution in [3.8, 4) is 6.07 Å². The van der Waals surface area contributed by atoms with Crippen molar-refractivity contribution in [2.24, 2.45) is 0 Å². The van der Waals surface area contributed by atoms with Crippen molar-refractivity contribution in [2.45, 2.75) is 26.2 Å². The second-order valence-corrected chi connectivity index (χ2v) is 6.04. The van der Waals surface area contributed by atoms with Crippen molar-refractivity contribution in [3.05, 3.63) is 53.3 Å². The summed E-state index contributed by atoms with van der Waals surface area (Å²) in [6, 6.07) is 13.2. The Balaban J connectivity index is 1.71. The molecule has 1 amide bonds. The zero-order valence-corrected chi connectivity index (χ0v) is 14.3. The summed E-state index contributed by atoms with van der Waals surface area (Å²) < 4.78 is 5.75. The zero-order chi connectivity index (χ0) is 17.6. The fourth-order valence-electron chi connectivity index (χ4n) is 2.84. The Morgan fingerprint density at radius 2 is 1.96 bits per heavy atom. The second kappa shape index (κ2) is 7.71. The number of rotatable bonds is 5. The van der Waals surface area contributed by atoms with E-state index in [4.69, 9.17) is 4.42 Å². The van der Waals surface area contributed by atoms with E-state index in [-0.39, 0.29) is 5.57 Å². The molecular weight excluding hydrogens is 314 g/mol. The van der Waals surface area contributed by atoms with Crippen LogP contribution >= 0.6 is 0 Å². The number of aryl methyl sites for hydroxylation is 1. The number of amides is 1. The molecule has 1 fully saturated rings. The van der Waals surface area contributed by atoms with Crippen LogP contribution < -0.4 is 10.2 Å². The Morgan fingerprint density at radius 1 is 1.24 bits per heavy atom. The van der Waals surface area contributed by atoms with Crippen molar-refractivity contribution < 1.29 is 9.21 Å². The van der Waals surface area contributed by atoms with Gasteiger partial charge < -0.3 is 14.6 Å². The SMILES string of the molecule is CCc1ccc(NC(=O)/C(C#N)=C\c2ccc(N3CCCC3)o2)cc1. The van der Waals surface area contributed by atoms with Gasteiger partial charge in [-0.05, 0) is 43.0 Å². The van der Waals surface area contributed by atoms with Gasteiger partial charge in [-0.2, -0.15) is 5.26 Å². The zero-order valence-electron chi connectivity index (χ0n) is 14.3. The summed E-state index contributed by atoms with van der Waals surface area (Å²) >= 11 is 0. The maximum absolute atomic E-state index is 12.3. The maximum atomic E-state index is 12.3. The van der Waals surface area contributed by atoms with Gasteiger partial charge >= 0.3 is 0 Å². The summed E-state index contributed by atoms with van der Waals surface area (Å²) in [5.41, 5.74) is 1.88. The van der Waals surface area contributed by atoms with E-state index in [1.807, 2.05) is 36.4 Å². The first kappa shape index (κ1) is 16.8. The minimum Gasteiger partial charge on any atom is -0.441 e. The number of carbonyl (C=O) groups is 1. The number of hydrogen-bond donors (Lipinski definition) is 1. The molecule has 0 saturated carbocycles. The molecule has 1 aromatic heterocycles. The third-order valence-corrected chi connectivity index (χ3v) is 4.30. The molecule has 0 spiro atoms. The topological polar surface area (TPSA) is 69.3 Å². The molecule has 1 aliphatic heterocycles. The maximum Gasteiger partial charge on any atom is 0.266 e. The first-order chi connectivity index (χ1) is 12.2. The number of nitrogens with zero attached hydrogens (tertiary/aromatic N) is 2. The molecule has 128 valence electrons. The molecule has 2 aromatic rings. The molecule has 3 rings (SSSR count). The normalized spacial score (nSPS) is 14.4. The first-order valence-electron chi connectivity index (χ1n) is 8.56. The highest BCUT2D eigenvalue weighted by Gasteiger charge is 2.16. The summed E-state index contributed by atoms with van der Waals surface area (Å²) in [6.45, 7) is 4.04. The van der Waals surface area contributed by atoms with E-state index in [9.17, 15) is 10.1 Å². The number of nitrogens with one attached hydrogen (secondary N) is 1. The summed E-state index contributed by atoms with van der Waals surface area (Å²) in [7, 11) is 0. The lowest BCUT2D eigenvalue weighted by Gasteiger charge is -2.12. The molecule has 0 atom stereocenters. The fraction of sp³-hybridized carbons (Fsp3) is 0.300. The van der Waals surface area contributed by atoms with E-state index in [0.29, 0.717) is 11.4 Å². The van der Waals surface area contributed by atoms with Crippen LogP contribution in [-0.4, -0.2) is 19.0 Å². The lowest BCUT2D eigenvalue weighted by molar-refractivity contribution is -0.112. The highest BCUT2D eigenvalue weighted by molar-refractivity contribution is 6.09. The van der Waals surface area contributed by atoms with Crippen LogP contribution in [0.5, 0.6) is 0 Å². The van der Waals surface area contributed by atoms with Crippen LogP contribution in [0.25, 0.3) is 6.08 Å². The average Bonchev–Trinajstić information content (AvgIpc) is 3.31. The fourth-order valence-corrected chi connectivity index (χ4v) is 2.84. The number of nitriles is 1. The van der Waals surface area contributed by atoms with Gasteiger partial charge in [-0.1, -0.05) is 19.1 Å². The molecule has 1 aromatic carbocycles. The molecule has 1 saturated heterocycles. The van der Waals surface area contributed by atoms with E-state index < -0.39 is 5.91 Å². The molecule has 5 heteroatoms. The standard InChI is InChI=1S/C20H21N3O2/c1-2-15-5-7-17(8-6-15)22-20(24)16(14-21)13-18-9-10-19(25-18)23-11-3-4-12-23/h5-10,13H,2-4,11-12H2,1H3,(H,22,24)/b16-13-. The Kier molecular flexibility index (Phi) is 5.20. The number of furan rings is 1. The molecule has 0 aliphatic carbocycles. The van der Waals surface area contributed by atoms with Crippen LogP contribution in [0.15, 0.2) is 46.4 Å². The van der Waals surface area contributed by atoms with E-state index in [0.717, 1.165) is 38.2 Å². The summed E-state index contributed by atoms with van der Waals surface area (Å²) in [6.07, 6.45) is 4.74. The summed E-state index contributed by atoms with van der Waals surface area (Å²) in [5, 5.41) is 12.0. The monoisotopic (exact) mass is 335 g/mol. The Labute approximate surface area is 147 Å². The highest BCUT2D eigenvalue weighted by Crippen LogP contribution is 2.24. The van der Waals surface area contributed by atoms with Crippen LogP contribution in [0.4, 0.5) is 11.6 Å².